The van der Waals surface area contributed by atoms with E-state index < -0.39 is 0 Å². The number of amides is 1. The summed E-state index contributed by atoms with van der Waals surface area (Å²) >= 11 is 1.53. The van der Waals surface area contributed by atoms with E-state index in [1.54, 1.807) is 12.1 Å². The van der Waals surface area contributed by atoms with Crippen LogP contribution in [-0.2, 0) is 11.2 Å². The van der Waals surface area contributed by atoms with E-state index in [-0.39, 0.29) is 17.6 Å². The first-order chi connectivity index (χ1) is 10.6. The summed E-state index contributed by atoms with van der Waals surface area (Å²) < 4.78 is 12.9. The number of hydrogen-bond donors (Lipinski definition) is 2. The fraction of sp³-hybridized carbons (Fsp3) is 0.400. The quantitative estimate of drug-likeness (QED) is 0.820. The molecule has 0 saturated heterocycles. The zero-order valence-corrected chi connectivity index (χ0v) is 12.8. The first-order valence-corrected chi connectivity index (χ1v) is 8.04. The number of nitrogens with two attached hydrogens (primary N) is 1. The van der Waals surface area contributed by atoms with Crippen molar-refractivity contribution in [3.05, 3.63) is 40.7 Å². The Kier molecular flexibility index (Phi) is 4.33. The number of nitrogens with zero attached hydrogens (tertiary/aromatic N) is 2. The number of carbonyl (C=O) groups is 1. The monoisotopic (exact) mass is 320 g/mol. The van der Waals surface area contributed by atoms with Crippen molar-refractivity contribution in [2.75, 3.05) is 11.9 Å². The van der Waals surface area contributed by atoms with Crippen molar-refractivity contribution in [2.45, 2.75) is 25.2 Å². The highest BCUT2D eigenvalue weighted by Gasteiger charge is 2.27. The zero-order valence-electron chi connectivity index (χ0n) is 12.0. The Hall–Kier alpha value is -2.02. The molecule has 1 aliphatic carbocycles. The van der Waals surface area contributed by atoms with Crippen LogP contribution < -0.4 is 11.1 Å². The van der Waals surface area contributed by atoms with Crippen molar-refractivity contribution in [1.82, 2.24) is 10.2 Å². The molecule has 22 heavy (non-hydrogen) atoms. The van der Waals surface area contributed by atoms with Gasteiger partial charge in [0.15, 0.2) is 0 Å². The van der Waals surface area contributed by atoms with Crippen LogP contribution in [0.15, 0.2) is 24.3 Å². The third kappa shape index (κ3) is 3.79. The van der Waals surface area contributed by atoms with Crippen molar-refractivity contribution in [3.8, 4) is 0 Å². The molecule has 0 spiro atoms. The SMILES string of the molecule is NC(=O)C(CNc1nnc(C2CC2)s1)Cc1ccc(F)cc1. The van der Waals surface area contributed by atoms with Crippen LogP contribution in [0.25, 0.3) is 0 Å². The van der Waals surface area contributed by atoms with Crippen molar-refractivity contribution in [2.24, 2.45) is 11.7 Å². The highest BCUT2D eigenvalue weighted by atomic mass is 32.1. The first-order valence-electron chi connectivity index (χ1n) is 7.23. The molecule has 5 nitrogen and oxygen atoms in total. The fourth-order valence-electron chi connectivity index (χ4n) is 2.19. The number of primary amides is 1. The Morgan fingerprint density at radius 2 is 2.09 bits per heavy atom. The van der Waals surface area contributed by atoms with Gasteiger partial charge in [-0.15, -0.1) is 10.2 Å². The molecule has 1 saturated carbocycles. The number of nitrogens with one attached hydrogen (secondary N) is 1. The summed E-state index contributed by atoms with van der Waals surface area (Å²) in [6, 6.07) is 6.10. The maximum atomic E-state index is 12.9. The molecule has 3 N–H and O–H groups in total. The van der Waals surface area contributed by atoms with Gasteiger partial charge in [-0.1, -0.05) is 23.5 Å². The van der Waals surface area contributed by atoms with Crippen LogP contribution in [-0.4, -0.2) is 22.6 Å². The van der Waals surface area contributed by atoms with E-state index in [0.29, 0.717) is 24.0 Å². The van der Waals surface area contributed by atoms with Crippen LogP contribution >= 0.6 is 11.3 Å². The fourth-order valence-corrected chi connectivity index (χ4v) is 3.11. The van der Waals surface area contributed by atoms with Gasteiger partial charge in [-0.25, -0.2) is 4.39 Å². The molecule has 7 heteroatoms. The minimum Gasteiger partial charge on any atom is -0.369 e. The van der Waals surface area contributed by atoms with Crippen LogP contribution in [0.2, 0.25) is 0 Å². The van der Waals surface area contributed by atoms with E-state index in [2.05, 4.69) is 15.5 Å². The lowest BCUT2D eigenvalue weighted by Crippen LogP contribution is -2.31. The third-order valence-electron chi connectivity index (χ3n) is 3.66. The highest BCUT2D eigenvalue weighted by Crippen LogP contribution is 2.42. The van der Waals surface area contributed by atoms with Crippen molar-refractivity contribution in [1.29, 1.82) is 0 Å². The molecule has 2 aromatic rings. The summed E-state index contributed by atoms with van der Waals surface area (Å²) in [7, 11) is 0. The van der Waals surface area contributed by atoms with Gasteiger partial charge in [0.1, 0.15) is 10.8 Å². The predicted octanol–water partition coefficient (Wildman–Crippen LogP) is 2.31. The number of rotatable bonds is 7. The molecule has 0 bridgehead atoms. The molecule has 0 radical (unpaired) electrons. The summed E-state index contributed by atoms with van der Waals surface area (Å²) in [5.74, 6) is -0.485. The number of hydrogen-bond acceptors (Lipinski definition) is 5. The molecular weight excluding hydrogens is 303 g/mol. The molecule has 116 valence electrons. The average molecular weight is 320 g/mol. The molecule has 1 aromatic carbocycles. The number of halogens is 1. The maximum Gasteiger partial charge on any atom is 0.222 e. The van der Waals surface area contributed by atoms with E-state index in [4.69, 9.17) is 5.73 Å². The van der Waals surface area contributed by atoms with Gasteiger partial charge in [0.25, 0.3) is 0 Å². The second-order valence-electron chi connectivity index (χ2n) is 5.53. The van der Waals surface area contributed by atoms with Crippen LogP contribution in [0.4, 0.5) is 9.52 Å². The summed E-state index contributed by atoms with van der Waals surface area (Å²) in [5, 5.41) is 13.1. The van der Waals surface area contributed by atoms with Gasteiger partial charge < -0.3 is 11.1 Å². The molecular formula is C15H17FN4OS. The summed E-state index contributed by atoms with van der Waals surface area (Å²) in [6.45, 7) is 0.395. The number of aromatic nitrogens is 2. The van der Waals surface area contributed by atoms with E-state index in [1.165, 1.54) is 36.3 Å². The van der Waals surface area contributed by atoms with Crippen molar-refractivity contribution in [3.63, 3.8) is 0 Å². The van der Waals surface area contributed by atoms with Gasteiger partial charge in [0.05, 0.1) is 5.92 Å². The van der Waals surface area contributed by atoms with Gasteiger partial charge in [-0.2, -0.15) is 0 Å². The van der Waals surface area contributed by atoms with Gasteiger partial charge in [-0.05, 0) is 37.0 Å². The van der Waals surface area contributed by atoms with Crippen molar-refractivity contribution < 1.29 is 9.18 Å². The largest absolute Gasteiger partial charge is 0.369 e. The second kappa shape index (κ2) is 6.39. The van der Waals surface area contributed by atoms with Crippen molar-refractivity contribution >= 4 is 22.4 Å². The van der Waals surface area contributed by atoms with E-state index in [1.807, 2.05) is 0 Å². The molecule has 1 aliphatic rings. The number of anilines is 1. The summed E-state index contributed by atoms with van der Waals surface area (Å²) in [4.78, 5) is 11.6. The highest BCUT2D eigenvalue weighted by molar-refractivity contribution is 7.15. The molecule has 3 rings (SSSR count). The lowest BCUT2D eigenvalue weighted by atomic mass is 9.99. The van der Waals surface area contributed by atoms with Gasteiger partial charge >= 0.3 is 0 Å². The Balaban J connectivity index is 1.58. The topological polar surface area (TPSA) is 80.9 Å². The molecule has 1 fully saturated rings. The lowest BCUT2D eigenvalue weighted by molar-refractivity contribution is -0.121. The van der Waals surface area contributed by atoms with Crippen LogP contribution in [0, 0.1) is 11.7 Å². The second-order valence-corrected chi connectivity index (χ2v) is 6.54. The minimum absolute atomic E-state index is 0.293. The number of benzene rings is 1. The third-order valence-corrected chi connectivity index (χ3v) is 4.71. The van der Waals surface area contributed by atoms with Gasteiger partial charge in [-0.3, -0.25) is 4.79 Å². The van der Waals surface area contributed by atoms with Crippen LogP contribution in [0.5, 0.6) is 0 Å². The maximum absolute atomic E-state index is 12.9. The Labute approximate surface area is 131 Å². The zero-order chi connectivity index (χ0) is 15.5. The minimum atomic E-state index is -0.385. The van der Waals surface area contributed by atoms with E-state index in [9.17, 15) is 9.18 Å². The molecule has 1 heterocycles. The van der Waals surface area contributed by atoms with Gasteiger partial charge in [0.2, 0.25) is 11.0 Å². The molecule has 1 unspecified atom stereocenters. The molecule has 1 atom stereocenters. The smallest absolute Gasteiger partial charge is 0.222 e. The number of carbonyl (C=O) groups excluding carboxylic acids is 1. The average Bonchev–Trinajstić information content (AvgIpc) is 3.24. The van der Waals surface area contributed by atoms with Crippen LogP contribution in [0.1, 0.15) is 29.3 Å². The van der Waals surface area contributed by atoms with Crippen LogP contribution in [0.3, 0.4) is 0 Å². The Morgan fingerprint density at radius 3 is 2.73 bits per heavy atom. The molecule has 0 aliphatic heterocycles. The first kappa shape index (κ1) is 14.9. The standard InChI is InChI=1S/C15H17FN4OS/c16-12-5-1-9(2-6-12)7-11(13(17)21)8-18-15-20-19-14(22-15)10-3-4-10/h1-2,5-6,10-11H,3-4,7-8H2,(H2,17,21)(H,18,20). The lowest BCUT2D eigenvalue weighted by Gasteiger charge is -2.13. The van der Waals surface area contributed by atoms with E-state index >= 15 is 0 Å². The summed E-state index contributed by atoms with van der Waals surface area (Å²) in [6.07, 6.45) is 2.84. The normalized spacial score (nSPS) is 15.5. The molecule has 1 amide bonds. The predicted molar refractivity (Wildman–Crippen MR) is 83.2 cm³/mol. The molecule has 1 aromatic heterocycles. The van der Waals surface area contributed by atoms with Gasteiger partial charge in [0, 0.05) is 12.5 Å². The van der Waals surface area contributed by atoms with E-state index in [0.717, 1.165) is 10.6 Å². The Morgan fingerprint density at radius 1 is 1.36 bits per heavy atom. The Bertz CT molecular complexity index is 654. The summed E-state index contributed by atoms with van der Waals surface area (Å²) in [5.41, 5.74) is 6.33.